The van der Waals surface area contributed by atoms with Crippen LogP contribution in [0.25, 0.3) is 0 Å². The van der Waals surface area contributed by atoms with Gasteiger partial charge in [0, 0.05) is 17.9 Å². The number of nitrogens with zero attached hydrogens (tertiary/aromatic N) is 1. The third-order valence-corrected chi connectivity index (χ3v) is 3.12. The lowest BCUT2D eigenvalue weighted by Gasteiger charge is -2.14. The summed E-state index contributed by atoms with van der Waals surface area (Å²) in [6, 6.07) is 5.41. The van der Waals surface area contributed by atoms with Crippen LogP contribution in [0.3, 0.4) is 0 Å². The smallest absolute Gasteiger partial charge is 0.339 e. The minimum Gasteiger partial charge on any atom is -0.492 e. The van der Waals surface area contributed by atoms with Gasteiger partial charge in [-0.25, -0.2) is 9.18 Å². The number of rotatable bonds is 5. The van der Waals surface area contributed by atoms with Crippen LogP contribution in [0.4, 0.5) is 4.39 Å². The van der Waals surface area contributed by atoms with E-state index in [0.717, 1.165) is 25.0 Å². The molecule has 0 amide bonds. The molecular weight excluding hydrogens is 237 g/mol. The van der Waals surface area contributed by atoms with Crippen molar-refractivity contribution in [3.8, 4) is 11.8 Å². The molecule has 1 fully saturated rings. The molecule has 0 radical (unpaired) electrons. The second kappa shape index (κ2) is 4.65. The van der Waals surface area contributed by atoms with Crippen molar-refractivity contribution >= 4 is 5.97 Å². The van der Waals surface area contributed by atoms with E-state index in [-0.39, 0.29) is 23.3 Å². The van der Waals surface area contributed by atoms with Crippen molar-refractivity contribution in [2.75, 3.05) is 6.61 Å². The Morgan fingerprint density at radius 3 is 2.83 bits per heavy atom. The normalized spacial score (nSPS) is 15.8. The molecule has 0 aliphatic heterocycles. The average Bonchev–Trinajstić information content (AvgIpc) is 3.07. The number of nitriles is 1. The molecule has 0 unspecified atom stereocenters. The van der Waals surface area contributed by atoms with Gasteiger partial charge in [0.15, 0.2) is 0 Å². The summed E-state index contributed by atoms with van der Waals surface area (Å²) < 4.78 is 18.5. The van der Waals surface area contributed by atoms with Crippen molar-refractivity contribution in [2.24, 2.45) is 5.41 Å². The summed E-state index contributed by atoms with van der Waals surface area (Å²) in [7, 11) is 0. The molecule has 2 rings (SSSR count). The lowest BCUT2D eigenvalue weighted by atomic mass is 10.1. The van der Waals surface area contributed by atoms with Crippen molar-refractivity contribution in [1.82, 2.24) is 0 Å². The van der Waals surface area contributed by atoms with Gasteiger partial charge in [0.2, 0.25) is 0 Å². The Morgan fingerprint density at radius 1 is 1.56 bits per heavy atom. The zero-order chi connectivity index (χ0) is 13.2. The molecule has 1 aliphatic rings. The maximum atomic E-state index is 13.1. The molecule has 0 spiro atoms. The molecule has 94 valence electrons. The number of ether oxygens (including phenoxy) is 1. The standard InChI is InChI=1S/C13H12FNO3/c14-9-1-2-10(12(16)17)11(7-9)18-8-13(3-4-13)5-6-15/h1-2,7H,3-5,8H2,(H,16,17). The molecule has 18 heavy (non-hydrogen) atoms. The zero-order valence-corrected chi connectivity index (χ0v) is 9.65. The van der Waals surface area contributed by atoms with E-state index >= 15 is 0 Å². The van der Waals surface area contributed by atoms with Gasteiger partial charge in [-0.05, 0) is 25.0 Å². The molecule has 0 bridgehead atoms. The SMILES string of the molecule is N#CCC1(COc2cc(F)ccc2C(=O)O)CC1. The number of carbonyl (C=O) groups is 1. The number of carboxylic acid groups (broad SMARTS) is 1. The van der Waals surface area contributed by atoms with Crippen molar-refractivity contribution in [3.05, 3.63) is 29.6 Å². The number of halogens is 1. The van der Waals surface area contributed by atoms with Crippen LogP contribution in [0, 0.1) is 22.6 Å². The second-order valence-electron chi connectivity index (χ2n) is 4.57. The van der Waals surface area contributed by atoms with Gasteiger partial charge in [0.1, 0.15) is 17.1 Å². The predicted molar refractivity (Wildman–Crippen MR) is 60.8 cm³/mol. The molecule has 0 saturated heterocycles. The Balaban J connectivity index is 2.11. The van der Waals surface area contributed by atoms with Crippen LogP contribution in [-0.4, -0.2) is 17.7 Å². The maximum absolute atomic E-state index is 13.1. The fourth-order valence-corrected chi connectivity index (χ4v) is 1.74. The first kappa shape index (κ1) is 12.4. The zero-order valence-electron chi connectivity index (χ0n) is 9.65. The highest BCUT2D eigenvalue weighted by Crippen LogP contribution is 2.48. The van der Waals surface area contributed by atoms with Crippen LogP contribution >= 0.6 is 0 Å². The van der Waals surface area contributed by atoms with Crippen LogP contribution in [0.1, 0.15) is 29.6 Å². The van der Waals surface area contributed by atoms with E-state index in [1.54, 1.807) is 0 Å². The van der Waals surface area contributed by atoms with E-state index in [2.05, 4.69) is 6.07 Å². The minimum absolute atomic E-state index is 0.0201. The first-order chi connectivity index (χ1) is 8.56. The molecule has 1 aromatic carbocycles. The van der Waals surface area contributed by atoms with Gasteiger partial charge >= 0.3 is 5.97 Å². The molecule has 0 aromatic heterocycles. The third kappa shape index (κ3) is 2.59. The topological polar surface area (TPSA) is 70.3 Å². The summed E-state index contributed by atoms with van der Waals surface area (Å²) in [6.45, 7) is 0.254. The number of aromatic carboxylic acids is 1. The summed E-state index contributed by atoms with van der Waals surface area (Å²) in [5, 5.41) is 17.6. The summed E-state index contributed by atoms with van der Waals surface area (Å²) in [4.78, 5) is 10.9. The monoisotopic (exact) mass is 249 g/mol. The fraction of sp³-hybridized carbons (Fsp3) is 0.385. The van der Waals surface area contributed by atoms with Gasteiger partial charge in [-0.1, -0.05) is 0 Å². The molecule has 1 N–H and O–H groups in total. The Bertz CT molecular complexity index is 517. The minimum atomic E-state index is -1.16. The number of hydrogen-bond donors (Lipinski definition) is 1. The Labute approximate surface area is 104 Å². The van der Waals surface area contributed by atoms with Gasteiger partial charge in [-0.2, -0.15) is 5.26 Å². The van der Waals surface area contributed by atoms with E-state index in [4.69, 9.17) is 15.1 Å². The van der Waals surface area contributed by atoms with E-state index in [0.29, 0.717) is 6.42 Å². The molecule has 1 aliphatic carbocycles. The Morgan fingerprint density at radius 2 is 2.28 bits per heavy atom. The number of benzene rings is 1. The molecule has 4 nitrogen and oxygen atoms in total. The summed E-state index contributed by atoms with van der Waals surface area (Å²) in [5.74, 6) is -1.68. The second-order valence-corrected chi connectivity index (χ2v) is 4.57. The molecule has 0 atom stereocenters. The highest BCUT2D eigenvalue weighted by atomic mass is 19.1. The van der Waals surface area contributed by atoms with Crippen LogP contribution in [-0.2, 0) is 0 Å². The van der Waals surface area contributed by atoms with Gasteiger partial charge in [0.05, 0.1) is 12.7 Å². The Hall–Kier alpha value is -2.09. The summed E-state index contributed by atoms with van der Waals surface area (Å²) >= 11 is 0. The lowest BCUT2D eigenvalue weighted by molar-refractivity contribution is 0.0690. The third-order valence-electron chi connectivity index (χ3n) is 3.12. The van der Waals surface area contributed by atoms with Crippen LogP contribution in [0.2, 0.25) is 0 Å². The Kier molecular flexibility index (Phi) is 3.19. The lowest BCUT2D eigenvalue weighted by Crippen LogP contribution is -2.14. The van der Waals surface area contributed by atoms with E-state index < -0.39 is 11.8 Å². The first-order valence-corrected chi connectivity index (χ1v) is 5.59. The quantitative estimate of drug-likeness (QED) is 0.870. The van der Waals surface area contributed by atoms with Gasteiger partial charge in [0.25, 0.3) is 0 Å². The van der Waals surface area contributed by atoms with Gasteiger partial charge in [-0.3, -0.25) is 0 Å². The number of hydrogen-bond acceptors (Lipinski definition) is 3. The number of carboxylic acids is 1. The first-order valence-electron chi connectivity index (χ1n) is 5.59. The van der Waals surface area contributed by atoms with E-state index in [1.165, 1.54) is 6.07 Å². The molecule has 1 aromatic rings. The van der Waals surface area contributed by atoms with Crippen molar-refractivity contribution < 1.29 is 19.0 Å². The van der Waals surface area contributed by atoms with Crippen LogP contribution in [0.5, 0.6) is 5.75 Å². The van der Waals surface area contributed by atoms with Crippen LogP contribution < -0.4 is 4.74 Å². The fourth-order valence-electron chi connectivity index (χ4n) is 1.74. The highest BCUT2D eigenvalue weighted by molar-refractivity contribution is 5.90. The van der Waals surface area contributed by atoms with Gasteiger partial charge < -0.3 is 9.84 Å². The molecule has 5 heteroatoms. The summed E-state index contributed by atoms with van der Waals surface area (Å²) in [5.41, 5.74) is -0.235. The van der Waals surface area contributed by atoms with Crippen molar-refractivity contribution in [3.63, 3.8) is 0 Å². The average molecular weight is 249 g/mol. The summed E-state index contributed by atoms with van der Waals surface area (Å²) in [6.07, 6.45) is 2.15. The van der Waals surface area contributed by atoms with Crippen molar-refractivity contribution in [2.45, 2.75) is 19.3 Å². The van der Waals surface area contributed by atoms with Crippen molar-refractivity contribution in [1.29, 1.82) is 5.26 Å². The largest absolute Gasteiger partial charge is 0.492 e. The van der Waals surface area contributed by atoms with E-state index in [9.17, 15) is 9.18 Å². The predicted octanol–water partition coefficient (Wildman–Crippen LogP) is 2.60. The molecular formula is C13H12FNO3. The highest BCUT2D eigenvalue weighted by Gasteiger charge is 2.43. The van der Waals surface area contributed by atoms with Gasteiger partial charge in [-0.15, -0.1) is 0 Å². The molecule has 0 heterocycles. The maximum Gasteiger partial charge on any atom is 0.339 e. The van der Waals surface area contributed by atoms with Crippen LogP contribution in [0.15, 0.2) is 18.2 Å². The van der Waals surface area contributed by atoms with E-state index in [1.807, 2.05) is 0 Å². The molecule has 1 saturated carbocycles.